The van der Waals surface area contributed by atoms with Gasteiger partial charge >= 0.3 is 0 Å². The van der Waals surface area contributed by atoms with Crippen molar-refractivity contribution in [3.63, 3.8) is 0 Å². The second-order valence-corrected chi connectivity index (χ2v) is 5.69. The van der Waals surface area contributed by atoms with Crippen LogP contribution in [0.1, 0.15) is 27.4 Å². The van der Waals surface area contributed by atoms with E-state index in [2.05, 4.69) is 28.8 Å². The van der Waals surface area contributed by atoms with Gasteiger partial charge in [0.15, 0.2) is 0 Å². The summed E-state index contributed by atoms with van der Waals surface area (Å²) in [7, 11) is 1.79. The van der Waals surface area contributed by atoms with Crippen LogP contribution in [0.3, 0.4) is 0 Å². The summed E-state index contributed by atoms with van der Waals surface area (Å²) in [4.78, 5) is 12.3. The summed E-state index contributed by atoms with van der Waals surface area (Å²) in [5.41, 5.74) is 4.09. The maximum Gasteiger partial charge on any atom is 0.253 e. The molecule has 0 bridgehead atoms. The van der Waals surface area contributed by atoms with Crippen LogP contribution in [-0.2, 0) is 6.42 Å². The second-order valence-electron chi connectivity index (χ2n) is 5.25. The van der Waals surface area contributed by atoms with Crippen molar-refractivity contribution in [1.82, 2.24) is 5.32 Å². The largest absolute Gasteiger partial charge is 0.387 e. The molecule has 1 aliphatic rings. The molecule has 0 fully saturated rings. The first-order valence-corrected chi connectivity index (χ1v) is 7.40. The molecule has 108 valence electrons. The van der Waals surface area contributed by atoms with Crippen LogP contribution in [0.4, 0.5) is 5.69 Å². The number of carbonyl (C=O) groups is 1. The maximum absolute atomic E-state index is 12.3. The first kappa shape index (κ1) is 14.0. The molecule has 0 aliphatic heterocycles. The summed E-state index contributed by atoms with van der Waals surface area (Å²) in [5, 5.41) is 6.58. The van der Waals surface area contributed by atoms with Gasteiger partial charge in [-0.25, -0.2) is 0 Å². The van der Waals surface area contributed by atoms with Gasteiger partial charge in [0.05, 0.1) is 5.56 Å². The molecule has 0 spiro atoms. The summed E-state index contributed by atoms with van der Waals surface area (Å²) in [5.74, 6) is 0.327. The van der Waals surface area contributed by atoms with Crippen molar-refractivity contribution in [3.05, 3.63) is 64.2 Å². The molecule has 4 heteroatoms. The van der Waals surface area contributed by atoms with E-state index in [-0.39, 0.29) is 5.91 Å². The number of nitrogens with one attached hydrogen (secondary N) is 2. The number of hydrogen-bond donors (Lipinski definition) is 2. The van der Waals surface area contributed by atoms with Crippen molar-refractivity contribution >= 4 is 23.2 Å². The topological polar surface area (TPSA) is 41.1 Å². The molecule has 0 heterocycles. The number of fused-ring (bicyclic) bond motifs is 1. The summed E-state index contributed by atoms with van der Waals surface area (Å²) in [6.07, 6.45) is 1.03. The van der Waals surface area contributed by atoms with Gasteiger partial charge in [-0.2, -0.15) is 0 Å². The molecule has 3 rings (SSSR count). The Kier molecular flexibility index (Phi) is 3.84. The molecule has 0 saturated heterocycles. The lowest BCUT2D eigenvalue weighted by atomic mass is 9.77. The van der Waals surface area contributed by atoms with Crippen molar-refractivity contribution in [2.45, 2.75) is 12.3 Å². The van der Waals surface area contributed by atoms with Crippen molar-refractivity contribution in [3.8, 4) is 0 Å². The number of hydrogen-bond acceptors (Lipinski definition) is 2. The van der Waals surface area contributed by atoms with E-state index in [1.165, 1.54) is 11.1 Å². The number of benzene rings is 2. The quantitative estimate of drug-likeness (QED) is 0.908. The van der Waals surface area contributed by atoms with Gasteiger partial charge in [-0.05, 0) is 35.7 Å². The second kappa shape index (κ2) is 5.78. The Morgan fingerprint density at radius 1 is 1.29 bits per heavy atom. The number of rotatable bonds is 4. The average Bonchev–Trinajstić information content (AvgIpc) is 2.48. The van der Waals surface area contributed by atoms with E-state index < -0.39 is 0 Å². The van der Waals surface area contributed by atoms with Crippen LogP contribution >= 0.6 is 11.6 Å². The Morgan fingerprint density at radius 3 is 2.86 bits per heavy atom. The van der Waals surface area contributed by atoms with E-state index in [1.807, 2.05) is 12.1 Å². The third-order valence-electron chi connectivity index (χ3n) is 3.97. The maximum atomic E-state index is 12.3. The Hall–Kier alpha value is -2.00. The van der Waals surface area contributed by atoms with Crippen LogP contribution < -0.4 is 10.6 Å². The highest BCUT2D eigenvalue weighted by molar-refractivity contribution is 6.31. The van der Waals surface area contributed by atoms with Gasteiger partial charge in [-0.1, -0.05) is 35.9 Å². The van der Waals surface area contributed by atoms with E-state index in [0.29, 0.717) is 23.0 Å². The van der Waals surface area contributed by atoms with Gasteiger partial charge < -0.3 is 10.6 Å². The van der Waals surface area contributed by atoms with Gasteiger partial charge in [0, 0.05) is 30.2 Å². The van der Waals surface area contributed by atoms with Crippen molar-refractivity contribution < 1.29 is 4.79 Å². The predicted octanol–water partition coefficient (Wildman–Crippen LogP) is 3.45. The third-order valence-corrected chi connectivity index (χ3v) is 4.20. The molecule has 3 nitrogen and oxygen atoms in total. The fraction of sp³-hybridized carbons (Fsp3) is 0.235. The molecule has 0 aromatic heterocycles. The minimum atomic E-state index is -0.0915. The molecule has 0 saturated carbocycles. The van der Waals surface area contributed by atoms with Gasteiger partial charge in [0.25, 0.3) is 5.91 Å². The molecule has 1 atom stereocenters. The van der Waals surface area contributed by atoms with Crippen molar-refractivity contribution in [1.29, 1.82) is 0 Å². The van der Waals surface area contributed by atoms with Crippen LogP contribution in [0.25, 0.3) is 0 Å². The highest BCUT2D eigenvalue weighted by Crippen LogP contribution is 2.34. The van der Waals surface area contributed by atoms with E-state index in [1.54, 1.807) is 19.2 Å². The Balaban J connectivity index is 1.67. The number of carbonyl (C=O) groups excluding carboxylic acids is 1. The zero-order chi connectivity index (χ0) is 14.8. The van der Waals surface area contributed by atoms with Crippen LogP contribution in [0.5, 0.6) is 0 Å². The summed E-state index contributed by atoms with van der Waals surface area (Å²) < 4.78 is 0. The normalized spacial score (nSPS) is 15.8. The van der Waals surface area contributed by atoms with Gasteiger partial charge in [0.2, 0.25) is 0 Å². The zero-order valence-corrected chi connectivity index (χ0v) is 12.6. The summed E-state index contributed by atoms with van der Waals surface area (Å²) in [6, 6.07) is 13.7. The lowest BCUT2D eigenvalue weighted by Crippen LogP contribution is -2.33. The van der Waals surface area contributed by atoms with Gasteiger partial charge in [0.1, 0.15) is 0 Å². The molecule has 1 amide bonds. The SMILES string of the molecule is CNc1ccc(Cl)cc1C(=O)NCC1Cc2ccccc21. The fourth-order valence-corrected chi connectivity index (χ4v) is 2.95. The minimum Gasteiger partial charge on any atom is -0.387 e. The van der Waals surface area contributed by atoms with E-state index in [0.717, 1.165) is 12.1 Å². The number of halogens is 1. The molecular weight excluding hydrogens is 284 g/mol. The molecule has 21 heavy (non-hydrogen) atoms. The van der Waals surface area contributed by atoms with Crippen molar-refractivity contribution in [2.24, 2.45) is 0 Å². The number of anilines is 1. The first-order valence-electron chi connectivity index (χ1n) is 7.02. The number of amides is 1. The average molecular weight is 301 g/mol. The fourth-order valence-electron chi connectivity index (χ4n) is 2.78. The zero-order valence-electron chi connectivity index (χ0n) is 11.8. The monoisotopic (exact) mass is 300 g/mol. The summed E-state index contributed by atoms with van der Waals surface area (Å²) >= 11 is 5.98. The van der Waals surface area contributed by atoms with E-state index >= 15 is 0 Å². The smallest absolute Gasteiger partial charge is 0.253 e. The summed E-state index contributed by atoms with van der Waals surface area (Å²) in [6.45, 7) is 0.658. The van der Waals surface area contributed by atoms with Crippen molar-refractivity contribution in [2.75, 3.05) is 18.9 Å². The van der Waals surface area contributed by atoms with Crippen LogP contribution in [0, 0.1) is 0 Å². The molecular formula is C17H17ClN2O. The molecule has 2 aromatic rings. The lowest BCUT2D eigenvalue weighted by molar-refractivity contribution is 0.0951. The van der Waals surface area contributed by atoms with E-state index in [4.69, 9.17) is 11.6 Å². The molecule has 1 aliphatic carbocycles. The molecule has 1 unspecified atom stereocenters. The molecule has 2 N–H and O–H groups in total. The van der Waals surface area contributed by atoms with Gasteiger partial charge in [-0.3, -0.25) is 4.79 Å². The Bertz CT molecular complexity index is 684. The predicted molar refractivity (Wildman–Crippen MR) is 86.2 cm³/mol. The Labute approximate surface area is 129 Å². The lowest BCUT2D eigenvalue weighted by Gasteiger charge is -2.30. The van der Waals surface area contributed by atoms with Crippen LogP contribution in [0.15, 0.2) is 42.5 Å². The standard InChI is InChI=1S/C17H17ClN2O/c1-19-16-7-6-13(18)9-15(16)17(21)20-10-12-8-11-4-2-3-5-14(11)12/h2-7,9,12,19H,8,10H2,1H3,(H,20,21). The Morgan fingerprint density at radius 2 is 2.10 bits per heavy atom. The van der Waals surface area contributed by atoms with Crippen LogP contribution in [-0.4, -0.2) is 19.5 Å². The molecule has 2 aromatic carbocycles. The van der Waals surface area contributed by atoms with Gasteiger partial charge in [-0.15, -0.1) is 0 Å². The first-order chi connectivity index (χ1) is 10.2. The highest BCUT2D eigenvalue weighted by Gasteiger charge is 2.25. The molecule has 0 radical (unpaired) electrons. The highest BCUT2D eigenvalue weighted by atomic mass is 35.5. The van der Waals surface area contributed by atoms with Crippen LogP contribution in [0.2, 0.25) is 5.02 Å². The van der Waals surface area contributed by atoms with E-state index in [9.17, 15) is 4.79 Å². The minimum absolute atomic E-state index is 0.0915. The third kappa shape index (κ3) is 2.74.